The number of halogens is 1. The Balaban J connectivity index is 1.73. The van der Waals surface area contributed by atoms with E-state index in [0.29, 0.717) is 35.2 Å². The van der Waals surface area contributed by atoms with Crippen LogP contribution in [0.1, 0.15) is 12.2 Å². The van der Waals surface area contributed by atoms with Gasteiger partial charge in [-0.1, -0.05) is 11.6 Å². The van der Waals surface area contributed by atoms with Gasteiger partial charge < -0.3 is 14.5 Å². The fourth-order valence-electron chi connectivity index (χ4n) is 3.13. The first-order valence-electron chi connectivity index (χ1n) is 8.46. The molecule has 0 spiro atoms. The Morgan fingerprint density at radius 1 is 1.41 bits per heavy atom. The number of carbonyl (C=O) groups is 1. The maximum absolute atomic E-state index is 12.6. The van der Waals surface area contributed by atoms with Gasteiger partial charge >= 0.3 is 0 Å². The van der Waals surface area contributed by atoms with Crippen molar-refractivity contribution in [1.29, 1.82) is 0 Å². The van der Waals surface area contributed by atoms with E-state index < -0.39 is 9.84 Å². The summed E-state index contributed by atoms with van der Waals surface area (Å²) in [4.78, 5) is 14.4. The third kappa shape index (κ3) is 5.24. The first-order valence-corrected chi connectivity index (χ1v) is 10.7. The molecule has 1 unspecified atom stereocenters. The largest absolute Gasteiger partial charge is 0.495 e. The molecule has 1 fully saturated rings. The molecule has 7 nitrogen and oxygen atoms in total. The Morgan fingerprint density at radius 3 is 2.85 bits per heavy atom. The second kappa shape index (κ2) is 8.33. The molecule has 1 aliphatic heterocycles. The van der Waals surface area contributed by atoms with Crippen LogP contribution in [-0.2, 0) is 21.2 Å². The summed E-state index contributed by atoms with van der Waals surface area (Å²) in [5.74, 6) is 1.06. The van der Waals surface area contributed by atoms with Gasteiger partial charge in [-0.15, -0.1) is 0 Å². The van der Waals surface area contributed by atoms with Crippen molar-refractivity contribution < 1.29 is 22.4 Å². The highest BCUT2D eigenvalue weighted by molar-refractivity contribution is 7.91. The second-order valence-electron chi connectivity index (χ2n) is 6.43. The zero-order valence-corrected chi connectivity index (χ0v) is 16.4. The predicted octanol–water partition coefficient (Wildman–Crippen LogP) is 2.57. The molecule has 2 aromatic rings. The quantitative estimate of drug-likeness (QED) is 0.751. The number of sulfone groups is 1. The molecule has 0 radical (unpaired) electrons. The van der Waals surface area contributed by atoms with Gasteiger partial charge in [0.2, 0.25) is 5.91 Å². The minimum absolute atomic E-state index is 0.0244. The summed E-state index contributed by atoms with van der Waals surface area (Å²) in [6.45, 7) is 0.379. The standard InChI is InChI=1S/C18H21ClN2O5S/c1-25-17-5-4-13(19)9-16(17)20-18(22)11-21(10-15-3-2-7-26-15)14-6-8-27(23,24)12-14/h2-5,7,9,14H,6,8,10-12H2,1H3,(H,20,22). The number of amides is 1. The number of furan rings is 1. The van der Waals surface area contributed by atoms with Gasteiger partial charge in [0.15, 0.2) is 9.84 Å². The highest BCUT2D eigenvalue weighted by Crippen LogP contribution is 2.28. The summed E-state index contributed by atoms with van der Waals surface area (Å²) < 4.78 is 34.3. The molecule has 9 heteroatoms. The number of anilines is 1. The molecule has 1 amide bonds. The number of nitrogens with one attached hydrogen (secondary N) is 1. The molecule has 3 rings (SSSR count). The normalized spacial score (nSPS) is 18.6. The Hall–Kier alpha value is -2.03. The van der Waals surface area contributed by atoms with Gasteiger partial charge in [0, 0.05) is 11.1 Å². The van der Waals surface area contributed by atoms with Crippen LogP contribution in [0.15, 0.2) is 41.0 Å². The van der Waals surface area contributed by atoms with Crippen LogP contribution < -0.4 is 10.1 Å². The third-order valence-corrected chi connectivity index (χ3v) is 6.43. The first-order chi connectivity index (χ1) is 12.9. The van der Waals surface area contributed by atoms with Crippen molar-refractivity contribution in [3.05, 3.63) is 47.4 Å². The maximum atomic E-state index is 12.6. The number of rotatable bonds is 7. The molecular formula is C18H21ClN2O5S. The molecule has 2 heterocycles. The molecule has 0 aliphatic carbocycles. The van der Waals surface area contributed by atoms with Crippen LogP contribution in [0.5, 0.6) is 5.75 Å². The summed E-state index contributed by atoms with van der Waals surface area (Å²) in [6.07, 6.45) is 2.05. The summed E-state index contributed by atoms with van der Waals surface area (Å²) in [5.41, 5.74) is 0.465. The molecule has 1 atom stereocenters. The number of carbonyl (C=O) groups excluding carboxylic acids is 1. The SMILES string of the molecule is COc1ccc(Cl)cc1NC(=O)CN(Cc1ccco1)C1CCS(=O)(=O)C1. The molecule has 1 aromatic carbocycles. The minimum atomic E-state index is -3.07. The number of methoxy groups -OCH3 is 1. The Kier molecular flexibility index (Phi) is 6.08. The van der Waals surface area contributed by atoms with E-state index in [1.165, 1.54) is 7.11 Å². The highest BCUT2D eigenvalue weighted by Gasteiger charge is 2.33. The van der Waals surface area contributed by atoms with Crippen molar-refractivity contribution in [3.63, 3.8) is 0 Å². The molecular weight excluding hydrogens is 392 g/mol. The fraction of sp³-hybridized carbons (Fsp3) is 0.389. The minimum Gasteiger partial charge on any atom is -0.495 e. The van der Waals surface area contributed by atoms with Crippen LogP contribution in [0.4, 0.5) is 5.69 Å². The lowest BCUT2D eigenvalue weighted by atomic mass is 10.2. The van der Waals surface area contributed by atoms with Crippen molar-refractivity contribution in [2.24, 2.45) is 0 Å². The summed E-state index contributed by atoms with van der Waals surface area (Å²) in [7, 11) is -1.57. The lowest BCUT2D eigenvalue weighted by Gasteiger charge is -2.26. The van der Waals surface area contributed by atoms with Gasteiger partial charge in [-0.3, -0.25) is 9.69 Å². The van der Waals surface area contributed by atoms with Gasteiger partial charge in [-0.05, 0) is 36.8 Å². The molecule has 27 heavy (non-hydrogen) atoms. The van der Waals surface area contributed by atoms with Crippen molar-refractivity contribution in [2.75, 3.05) is 30.5 Å². The number of ether oxygens (including phenoxy) is 1. The van der Waals surface area contributed by atoms with Crippen LogP contribution in [-0.4, -0.2) is 50.4 Å². The van der Waals surface area contributed by atoms with Gasteiger partial charge in [-0.2, -0.15) is 0 Å². The number of hydrogen-bond donors (Lipinski definition) is 1. The van der Waals surface area contributed by atoms with Crippen LogP contribution in [0.2, 0.25) is 5.02 Å². The van der Waals surface area contributed by atoms with E-state index in [2.05, 4.69) is 5.32 Å². The van der Waals surface area contributed by atoms with E-state index in [9.17, 15) is 13.2 Å². The van der Waals surface area contributed by atoms with E-state index in [4.69, 9.17) is 20.8 Å². The zero-order valence-electron chi connectivity index (χ0n) is 14.9. The summed E-state index contributed by atoms with van der Waals surface area (Å²) in [5, 5.41) is 3.26. The van der Waals surface area contributed by atoms with E-state index in [0.717, 1.165) is 0 Å². The maximum Gasteiger partial charge on any atom is 0.238 e. The fourth-order valence-corrected chi connectivity index (χ4v) is 5.07. The second-order valence-corrected chi connectivity index (χ2v) is 9.10. The van der Waals surface area contributed by atoms with E-state index in [1.54, 1.807) is 36.6 Å². The Bertz CT molecular complexity index is 898. The van der Waals surface area contributed by atoms with E-state index in [-0.39, 0.29) is 30.0 Å². The molecule has 146 valence electrons. The van der Waals surface area contributed by atoms with Crippen molar-refractivity contribution >= 4 is 33.0 Å². The summed E-state index contributed by atoms with van der Waals surface area (Å²) in [6, 6.07) is 8.27. The molecule has 1 aliphatic rings. The average molecular weight is 413 g/mol. The zero-order chi connectivity index (χ0) is 19.4. The molecule has 1 saturated heterocycles. The van der Waals surface area contributed by atoms with E-state index >= 15 is 0 Å². The number of nitrogens with zero attached hydrogens (tertiary/aromatic N) is 1. The summed E-state index contributed by atoms with van der Waals surface area (Å²) >= 11 is 6.00. The predicted molar refractivity (Wildman–Crippen MR) is 103 cm³/mol. The smallest absolute Gasteiger partial charge is 0.238 e. The van der Waals surface area contributed by atoms with Gasteiger partial charge in [0.1, 0.15) is 11.5 Å². The van der Waals surface area contributed by atoms with E-state index in [1.807, 2.05) is 4.90 Å². The molecule has 0 saturated carbocycles. The highest BCUT2D eigenvalue weighted by atomic mass is 35.5. The van der Waals surface area contributed by atoms with Gasteiger partial charge in [0.05, 0.1) is 43.7 Å². The topological polar surface area (TPSA) is 88.8 Å². The molecule has 0 bridgehead atoms. The third-order valence-electron chi connectivity index (χ3n) is 4.45. The molecule has 1 N–H and O–H groups in total. The molecule has 1 aromatic heterocycles. The Morgan fingerprint density at radius 2 is 2.22 bits per heavy atom. The van der Waals surface area contributed by atoms with Crippen LogP contribution in [0, 0.1) is 0 Å². The first kappa shape index (κ1) is 19.7. The van der Waals surface area contributed by atoms with Crippen LogP contribution in [0.25, 0.3) is 0 Å². The van der Waals surface area contributed by atoms with Crippen molar-refractivity contribution in [2.45, 2.75) is 19.0 Å². The lowest BCUT2D eigenvalue weighted by molar-refractivity contribution is -0.118. The van der Waals surface area contributed by atoms with Crippen LogP contribution >= 0.6 is 11.6 Å². The van der Waals surface area contributed by atoms with Gasteiger partial charge in [0.25, 0.3) is 0 Å². The monoisotopic (exact) mass is 412 g/mol. The van der Waals surface area contributed by atoms with Gasteiger partial charge in [-0.25, -0.2) is 8.42 Å². The van der Waals surface area contributed by atoms with Crippen molar-refractivity contribution in [3.8, 4) is 5.75 Å². The number of hydrogen-bond acceptors (Lipinski definition) is 6. The lowest BCUT2D eigenvalue weighted by Crippen LogP contribution is -2.41. The number of benzene rings is 1. The van der Waals surface area contributed by atoms with Crippen LogP contribution in [0.3, 0.4) is 0 Å². The average Bonchev–Trinajstić information content (AvgIpc) is 3.23. The Labute approximate surface area is 163 Å². The van der Waals surface area contributed by atoms with Crippen molar-refractivity contribution in [1.82, 2.24) is 4.90 Å².